The number of benzene rings is 1. The summed E-state index contributed by atoms with van der Waals surface area (Å²) < 4.78 is 5.52. The van der Waals surface area contributed by atoms with Crippen molar-refractivity contribution in [2.45, 2.75) is 12.8 Å². The lowest BCUT2D eigenvalue weighted by Crippen LogP contribution is -2.17. The minimum atomic E-state index is -0.237. The van der Waals surface area contributed by atoms with Crippen LogP contribution in [-0.2, 0) is 16.0 Å². The van der Waals surface area contributed by atoms with E-state index in [1.807, 2.05) is 6.07 Å². The third-order valence-electron chi connectivity index (χ3n) is 2.66. The van der Waals surface area contributed by atoms with Crippen LogP contribution in [0, 0.1) is 0 Å². The van der Waals surface area contributed by atoms with E-state index in [1.54, 1.807) is 6.07 Å². The molecule has 0 heterocycles. The van der Waals surface area contributed by atoms with E-state index in [0.717, 1.165) is 16.5 Å². The van der Waals surface area contributed by atoms with Crippen molar-refractivity contribution in [3.8, 4) is 0 Å². The number of Topliss-reactive ketones (excluding diaryl/α,β-unsaturated/α-hetero) is 1. The zero-order chi connectivity index (χ0) is 12.4. The number of nitrogens with one attached hydrogen (secondary N) is 1. The van der Waals surface area contributed by atoms with E-state index in [-0.39, 0.29) is 18.3 Å². The smallest absolute Gasteiger partial charge is 0.250 e. The molecule has 1 amide bonds. The summed E-state index contributed by atoms with van der Waals surface area (Å²) in [6.07, 6.45) is 1.33. The first-order valence-electron chi connectivity index (χ1n) is 5.26. The number of halogens is 1. The SMILES string of the molecule is COCC(=O)Nc1cc2c(cc1Br)CCC2=O. The Morgan fingerprint density at radius 2 is 2.24 bits per heavy atom. The fourth-order valence-electron chi connectivity index (χ4n) is 1.88. The third-order valence-corrected chi connectivity index (χ3v) is 3.32. The van der Waals surface area contributed by atoms with Crippen molar-refractivity contribution in [3.63, 3.8) is 0 Å². The lowest BCUT2D eigenvalue weighted by atomic mass is 10.1. The second-order valence-corrected chi connectivity index (χ2v) is 4.75. The highest BCUT2D eigenvalue weighted by Gasteiger charge is 2.21. The average molecular weight is 298 g/mol. The highest BCUT2D eigenvalue weighted by atomic mass is 79.9. The number of rotatable bonds is 3. The Morgan fingerprint density at radius 3 is 2.94 bits per heavy atom. The number of fused-ring (bicyclic) bond motifs is 1. The van der Waals surface area contributed by atoms with Crippen LogP contribution in [0.25, 0.3) is 0 Å². The first-order valence-corrected chi connectivity index (χ1v) is 6.05. The molecule has 0 fully saturated rings. The largest absolute Gasteiger partial charge is 0.375 e. The number of carbonyl (C=O) groups is 2. The van der Waals surface area contributed by atoms with Crippen molar-refractivity contribution in [3.05, 3.63) is 27.7 Å². The van der Waals surface area contributed by atoms with Gasteiger partial charge in [-0.1, -0.05) is 0 Å². The molecular formula is C12H12BrNO3. The Hall–Kier alpha value is -1.20. The van der Waals surface area contributed by atoms with Crippen molar-refractivity contribution in [1.29, 1.82) is 0 Å². The molecule has 0 bridgehead atoms. The summed E-state index contributed by atoms with van der Waals surface area (Å²) in [4.78, 5) is 23.0. The van der Waals surface area contributed by atoms with E-state index >= 15 is 0 Å². The van der Waals surface area contributed by atoms with Gasteiger partial charge in [0.2, 0.25) is 5.91 Å². The van der Waals surface area contributed by atoms with Crippen LogP contribution in [0.15, 0.2) is 16.6 Å². The van der Waals surface area contributed by atoms with Crippen LogP contribution in [-0.4, -0.2) is 25.4 Å². The number of methoxy groups -OCH3 is 1. The van der Waals surface area contributed by atoms with Crippen molar-refractivity contribution in [1.82, 2.24) is 0 Å². The summed E-state index contributed by atoms with van der Waals surface area (Å²) >= 11 is 3.38. The summed E-state index contributed by atoms with van der Waals surface area (Å²) in [5.41, 5.74) is 2.36. The van der Waals surface area contributed by atoms with Gasteiger partial charge in [-0.05, 0) is 40.0 Å². The van der Waals surface area contributed by atoms with Crippen LogP contribution in [0.5, 0.6) is 0 Å². The Balaban J connectivity index is 2.26. The van der Waals surface area contributed by atoms with Crippen LogP contribution in [0.2, 0.25) is 0 Å². The summed E-state index contributed by atoms with van der Waals surface area (Å²) in [7, 11) is 1.46. The lowest BCUT2D eigenvalue weighted by Gasteiger charge is -2.09. The normalized spacial score (nSPS) is 13.6. The van der Waals surface area contributed by atoms with Crippen LogP contribution in [0.4, 0.5) is 5.69 Å². The van der Waals surface area contributed by atoms with E-state index in [1.165, 1.54) is 7.11 Å². The second-order valence-electron chi connectivity index (χ2n) is 3.89. The summed E-state index contributed by atoms with van der Waals surface area (Å²) in [5, 5.41) is 2.70. The van der Waals surface area contributed by atoms with Gasteiger partial charge in [0.05, 0.1) is 5.69 Å². The van der Waals surface area contributed by atoms with E-state index in [0.29, 0.717) is 17.7 Å². The quantitative estimate of drug-likeness (QED) is 0.930. The van der Waals surface area contributed by atoms with Gasteiger partial charge in [-0.3, -0.25) is 9.59 Å². The van der Waals surface area contributed by atoms with Crippen molar-refractivity contribution < 1.29 is 14.3 Å². The predicted octanol–water partition coefficient (Wildman–Crippen LogP) is 2.16. The second kappa shape index (κ2) is 4.98. The number of ketones is 1. The molecule has 0 aromatic heterocycles. The minimum absolute atomic E-state index is 0.00251. The first kappa shape index (κ1) is 12.3. The van der Waals surface area contributed by atoms with Gasteiger partial charge in [0.25, 0.3) is 0 Å². The van der Waals surface area contributed by atoms with Gasteiger partial charge in [-0.25, -0.2) is 0 Å². The molecule has 0 saturated heterocycles. The standard InChI is InChI=1S/C12H12BrNO3/c1-17-6-12(16)14-10-5-8-7(4-9(10)13)2-3-11(8)15/h4-5H,2-3,6H2,1H3,(H,14,16). The minimum Gasteiger partial charge on any atom is -0.375 e. The van der Waals surface area contributed by atoms with Crippen LogP contribution in [0.3, 0.4) is 0 Å². The Morgan fingerprint density at radius 1 is 1.47 bits per heavy atom. The number of hydrogen-bond donors (Lipinski definition) is 1. The van der Waals surface area contributed by atoms with E-state index in [4.69, 9.17) is 4.74 Å². The molecule has 0 saturated carbocycles. The molecule has 4 nitrogen and oxygen atoms in total. The summed E-state index contributed by atoms with van der Waals surface area (Å²) in [5.74, 6) is -0.103. The molecule has 0 spiro atoms. The molecular weight excluding hydrogens is 286 g/mol. The Labute approximate surface area is 107 Å². The number of ether oxygens (including phenoxy) is 1. The van der Waals surface area contributed by atoms with E-state index in [2.05, 4.69) is 21.2 Å². The molecule has 17 heavy (non-hydrogen) atoms. The average Bonchev–Trinajstić information content (AvgIpc) is 2.61. The van der Waals surface area contributed by atoms with Crippen molar-refractivity contribution in [2.75, 3.05) is 19.0 Å². The number of carbonyl (C=O) groups excluding carboxylic acids is 2. The molecule has 1 aliphatic carbocycles. The highest BCUT2D eigenvalue weighted by Crippen LogP contribution is 2.31. The van der Waals surface area contributed by atoms with Gasteiger partial charge in [0.1, 0.15) is 6.61 Å². The number of aryl methyl sites for hydroxylation is 1. The van der Waals surface area contributed by atoms with Crippen molar-refractivity contribution in [2.24, 2.45) is 0 Å². The zero-order valence-electron chi connectivity index (χ0n) is 9.38. The molecule has 0 radical (unpaired) electrons. The van der Waals surface area contributed by atoms with Gasteiger partial charge < -0.3 is 10.1 Å². The molecule has 90 valence electrons. The maximum Gasteiger partial charge on any atom is 0.250 e. The molecule has 2 rings (SSSR count). The first-order chi connectivity index (χ1) is 8.11. The van der Waals surface area contributed by atoms with Gasteiger partial charge in [0.15, 0.2) is 5.78 Å². The maximum absolute atomic E-state index is 11.6. The van der Waals surface area contributed by atoms with Gasteiger partial charge in [-0.2, -0.15) is 0 Å². The lowest BCUT2D eigenvalue weighted by molar-refractivity contribution is -0.119. The molecule has 1 aromatic carbocycles. The van der Waals surface area contributed by atoms with Gasteiger partial charge in [0, 0.05) is 23.6 Å². The maximum atomic E-state index is 11.6. The monoisotopic (exact) mass is 297 g/mol. The number of hydrogen-bond acceptors (Lipinski definition) is 3. The topological polar surface area (TPSA) is 55.4 Å². The summed E-state index contributed by atoms with van der Waals surface area (Å²) in [6.45, 7) is -0.00251. The fourth-order valence-corrected chi connectivity index (χ4v) is 2.37. The van der Waals surface area contributed by atoms with Crippen LogP contribution in [0.1, 0.15) is 22.3 Å². The molecule has 0 unspecified atom stereocenters. The van der Waals surface area contributed by atoms with Crippen LogP contribution < -0.4 is 5.32 Å². The third kappa shape index (κ3) is 2.56. The van der Waals surface area contributed by atoms with Crippen molar-refractivity contribution >= 4 is 33.3 Å². The van der Waals surface area contributed by atoms with Crippen LogP contribution >= 0.6 is 15.9 Å². The highest BCUT2D eigenvalue weighted by molar-refractivity contribution is 9.10. The van der Waals surface area contributed by atoms with E-state index < -0.39 is 0 Å². The predicted molar refractivity (Wildman–Crippen MR) is 67.3 cm³/mol. The fraction of sp³-hybridized carbons (Fsp3) is 0.333. The number of amides is 1. The Bertz CT molecular complexity index is 485. The Kier molecular flexibility index (Phi) is 3.59. The summed E-state index contributed by atoms with van der Waals surface area (Å²) in [6, 6.07) is 3.62. The van der Waals surface area contributed by atoms with Gasteiger partial charge >= 0.3 is 0 Å². The molecule has 1 N–H and O–H groups in total. The molecule has 0 aliphatic heterocycles. The molecule has 1 aromatic rings. The van der Waals surface area contributed by atoms with Gasteiger partial charge in [-0.15, -0.1) is 0 Å². The molecule has 0 atom stereocenters. The van der Waals surface area contributed by atoms with E-state index in [9.17, 15) is 9.59 Å². The number of anilines is 1. The zero-order valence-corrected chi connectivity index (χ0v) is 11.0. The molecule has 5 heteroatoms. The molecule has 1 aliphatic rings.